The van der Waals surface area contributed by atoms with Crippen LogP contribution < -0.4 is 5.32 Å². The summed E-state index contributed by atoms with van der Waals surface area (Å²) in [4.78, 5) is 22.0. The molecule has 3 rings (SSSR count). The van der Waals surface area contributed by atoms with Crippen LogP contribution in [0.5, 0.6) is 0 Å². The van der Waals surface area contributed by atoms with Crippen LogP contribution in [-0.2, 0) is 11.3 Å². The lowest BCUT2D eigenvalue weighted by molar-refractivity contribution is -0.166. The Morgan fingerprint density at radius 2 is 1.92 bits per heavy atom. The van der Waals surface area contributed by atoms with Gasteiger partial charge in [0.2, 0.25) is 0 Å². The van der Waals surface area contributed by atoms with Crippen molar-refractivity contribution in [3.05, 3.63) is 23.8 Å². The number of carbonyl (C=O) groups excluding carboxylic acids is 1. The van der Waals surface area contributed by atoms with Crippen LogP contribution >= 0.6 is 0 Å². The standard InChI is InChI=1S/C17H23F3N4O2/c1-15(2,3)26-14(25)24-9-11(10-24)13-8-21-12(6-22-13)7-23-16(4-5-16)17(18,19)20/h6,8,11,23H,4-5,7,9-10H2,1-3H3. The number of amides is 1. The number of halogens is 3. The first kappa shape index (κ1) is 18.9. The molecule has 2 heterocycles. The predicted molar refractivity (Wildman–Crippen MR) is 87.4 cm³/mol. The van der Waals surface area contributed by atoms with Crippen molar-refractivity contribution in [2.24, 2.45) is 0 Å². The molecule has 144 valence electrons. The van der Waals surface area contributed by atoms with Gasteiger partial charge in [0.25, 0.3) is 0 Å². The zero-order chi connectivity index (χ0) is 19.2. The van der Waals surface area contributed by atoms with E-state index in [4.69, 9.17) is 4.74 Å². The molecule has 0 radical (unpaired) electrons. The highest BCUT2D eigenvalue weighted by Gasteiger charge is 2.63. The molecule has 1 aromatic heterocycles. The molecular weight excluding hydrogens is 349 g/mol. The molecule has 0 aromatic carbocycles. The van der Waals surface area contributed by atoms with E-state index in [9.17, 15) is 18.0 Å². The maximum absolute atomic E-state index is 12.9. The van der Waals surface area contributed by atoms with Crippen LogP contribution in [0, 0.1) is 0 Å². The Labute approximate surface area is 150 Å². The summed E-state index contributed by atoms with van der Waals surface area (Å²) in [5.74, 6) is 0.0713. The zero-order valence-electron chi connectivity index (χ0n) is 15.1. The van der Waals surface area contributed by atoms with Gasteiger partial charge in [-0.3, -0.25) is 15.3 Å². The Morgan fingerprint density at radius 1 is 1.27 bits per heavy atom. The molecule has 2 fully saturated rings. The average molecular weight is 372 g/mol. The van der Waals surface area contributed by atoms with E-state index >= 15 is 0 Å². The molecule has 26 heavy (non-hydrogen) atoms. The van der Waals surface area contributed by atoms with Crippen molar-refractivity contribution in [2.45, 2.75) is 63.4 Å². The monoisotopic (exact) mass is 372 g/mol. The smallest absolute Gasteiger partial charge is 0.410 e. The van der Waals surface area contributed by atoms with Crippen molar-refractivity contribution in [1.29, 1.82) is 0 Å². The maximum Gasteiger partial charge on any atom is 0.410 e. The van der Waals surface area contributed by atoms with Crippen molar-refractivity contribution >= 4 is 6.09 Å². The minimum absolute atomic E-state index is 0.0293. The third-order valence-electron chi connectivity index (χ3n) is 4.58. The number of nitrogens with zero attached hydrogens (tertiary/aromatic N) is 3. The Hall–Kier alpha value is -1.90. The lowest BCUT2D eigenvalue weighted by Crippen LogP contribution is -2.50. The Kier molecular flexibility index (Phi) is 4.62. The van der Waals surface area contributed by atoms with Gasteiger partial charge >= 0.3 is 12.3 Å². The van der Waals surface area contributed by atoms with Crippen molar-refractivity contribution in [3.63, 3.8) is 0 Å². The molecule has 1 saturated heterocycles. The lowest BCUT2D eigenvalue weighted by Gasteiger charge is -2.39. The summed E-state index contributed by atoms with van der Waals surface area (Å²) in [6.45, 7) is 6.46. The molecule has 0 unspecified atom stereocenters. The first-order chi connectivity index (χ1) is 12.0. The van der Waals surface area contributed by atoms with E-state index in [2.05, 4.69) is 15.3 Å². The highest BCUT2D eigenvalue weighted by molar-refractivity contribution is 5.69. The highest BCUT2D eigenvalue weighted by atomic mass is 19.4. The SMILES string of the molecule is CC(C)(C)OC(=O)N1CC(c2cnc(CNC3(C(F)(F)F)CC3)cn2)C1. The van der Waals surface area contributed by atoms with E-state index in [1.54, 1.807) is 11.1 Å². The van der Waals surface area contributed by atoms with Crippen molar-refractivity contribution in [1.82, 2.24) is 20.2 Å². The van der Waals surface area contributed by atoms with E-state index in [0.29, 0.717) is 18.8 Å². The van der Waals surface area contributed by atoms with Crippen LogP contribution in [0.25, 0.3) is 0 Å². The second-order valence-electron chi connectivity index (χ2n) is 7.95. The number of nitrogens with one attached hydrogen (secondary N) is 1. The fourth-order valence-corrected chi connectivity index (χ4v) is 2.75. The summed E-state index contributed by atoms with van der Waals surface area (Å²) in [7, 11) is 0. The second-order valence-corrected chi connectivity index (χ2v) is 7.95. The molecule has 1 aliphatic carbocycles. The molecule has 1 N–H and O–H groups in total. The average Bonchev–Trinajstić information content (AvgIpc) is 3.23. The first-order valence-electron chi connectivity index (χ1n) is 8.60. The molecule has 1 saturated carbocycles. The largest absolute Gasteiger partial charge is 0.444 e. The normalized spacial score (nSPS) is 19.8. The van der Waals surface area contributed by atoms with Gasteiger partial charge < -0.3 is 9.64 Å². The zero-order valence-corrected chi connectivity index (χ0v) is 15.1. The van der Waals surface area contributed by atoms with Crippen molar-refractivity contribution in [3.8, 4) is 0 Å². The number of ether oxygens (including phenoxy) is 1. The molecular formula is C17H23F3N4O2. The van der Waals surface area contributed by atoms with Crippen LogP contribution in [0.4, 0.5) is 18.0 Å². The molecule has 6 nitrogen and oxygen atoms in total. The van der Waals surface area contributed by atoms with Gasteiger partial charge in [-0.15, -0.1) is 0 Å². The van der Waals surface area contributed by atoms with E-state index < -0.39 is 17.3 Å². The minimum Gasteiger partial charge on any atom is -0.444 e. The summed E-state index contributed by atoms with van der Waals surface area (Å²) in [6.07, 6.45) is -1.33. The van der Waals surface area contributed by atoms with E-state index in [-0.39, 0.29) is 31.4 Å². The predicted octanol–water partition coefficient (Wildman–Crippen LogP) is 3.00. The second kappa shape index (κ2) is 6.37. The Morgan fingerprint density at radius 3 is 2.38 bits per heavy atom. The van der Waals surface area contributed by atoms with Crippen molar-refractivity contribution < 1.29 is 22.7 Å². The first-order valence-corrected chi connectivity index (χ1v) is 8.60. The molecule has 1 aliphatic heterocycles. The maximum atomic E-state index is 12.9. The topological polar surface area (TPSA) is 67.3 Å². The fraction of sp³-hybridized carbons (Fsp3) is 0.706. The Balaban J connectivity index is 1.48. The third-order valence-corrected chi connectivity index (χ3v) is 4.58. The molecule has 9 heteroatoms. The summed E-state index contributed by atoms with van der Waals surface area (Å²) in [6, 6.07) is 0. The summed E-state index contributed by atoms with van der Waals surface area (Å²) >= 11 is 0. The Bertz CT molecular complexity index is 660. The van der Waals surface area contributed by atoms with Gasteiger partial charge in [0, 0.05) is 31.7 Å². The van der Waals surface area contributed by atoms with E-state index in [1.165, 1.54) is 6.20 Å². The molecule has 0 bridgehead atoms. The van der Waals surface area contributed by atoms with Gasteiger partial charge in [-0.2, -0.15) is 13.2 Å². The molecule has 1 amide bonds. The van der Waals surface area contributed by atoms with Gasteiger partial charge in [0.05, 0.1) is 17.6 Å². The number of rotatable bonds is 4. The minimum atomic E-state index is -4.24. The lowest BCUT2D eigenvalue weighted by atomic mass is 9.97. The summed E-state index contributed by atoms with van der Waals surface area (Å²) in [5, 5.41) is 2.55. The third kappa shape index (κ3) is 4.08. The van der Waals surface area contributed by atoms with Crippen LogP contribution in [0.2, 0.25) is 0 Å². The fourth-order valence-electron chi connectivity index (χ4n) is 2.75. The molecule has 2 aliphatic rings. The number of hydrogen-bond acceptors (Lipinski definition) is 5. The number of alkyl halides is 3. The van der Waals surface area contributed by atoms with Crippen LogP contribution in [0.15, 0.2) is 12.4 Å². The van der Waals surface area contributed by atoms with E-state index in [0.717, 1.165) is 5.69 Å². The van der Waals surface area contributed by atoms with Crippen LogP contribution in [0.3, 0.4) is 0 Å². The number of aromatic nitrogens is 2. The molecule has 1 aromatic rings. The van der Waals surface area contributed by atoms with Gasteiger partial charge in [0.1, 0.15) is 11.1 Å². The summed E-state index contributed by atoms with van der Waals surface area (Å²) in [5.41, 5.74) is -1.10. The molecule has 0 spiro atoms. The van der Waals surface area contributed by atoms with Crippen molar-refractivity contribution in [2.75, 3.05) is 13.1 Å². The number of likely N-dealkylation sites (tertiary alicyclic amines) is 1. The highest BCUT2D eigenvalue weighted by Crippen LogP contribution is 2.49. The van der Waals surface area contributed by atoms with Gasteiger partial charge in [-0.1, -0.05) is 0 Å². The van der Waals surface area contributed by atoms with Gasteiger partial charge in [-0.05, 0) is 33.6 Å². The quantitative estimate of drug-likeness (QED) is 0.880. The van der Waals surface area contributed by atoms with Crippen LogP contribution in [-0.4, -0.2) is 51.4 Å². The number of carbonyl (C=O) groups is 1. The molecule has 0 atom stereocenters. The van der Waals surface area contributed by atoms with Crippen LogP contribution in [0.1, 0.15) is 50.9 Å². The number of hydrogen-bond donors (Lipinski definition) is 1. The van der Waals surface area contributed by atoms with E-state index in [1.807, 2.05) is 20.8 Å². The van der Waals surface area contributed by atoms with Gasteiger partial charge in [-0.25, -0.2) is 4.79 Å². The van der Waals surface area contributed by atoms with Gasteiger partial charge in [0.15, 0.2) is 0 Å². The summed E-state index contributed by atoms with van der Waals surface area (Å²) < 4.78 is 44.0.